The topological polar surface area (TPSA) is 124 Å². The number of nitrogens with zero attached hydrogens (tertiary/aromatic N) is 4. The first-order valence-corrected chi connectivity index (χ1v) is 10.8. The summed E-state index contributed by atoms with van der Waals surface area (Å²) in [4.78, 5) is 33.8. The van der Waals surface area contributed by atoms with Crippen LogP contribution < -0.4 is 4.90 Å². The fourth-order valence-corrected chi connectivity index (χ4v) is 3.34. The lowest BCUT2D eigenvalue weighted by molar-refractivity contribution is -0.385. The molecule has 14 heteroatoms. The summed E-state index contributed by atoms with van der Waals surface area (Å²) in [5.74, 6) is -0.896. The summed E-state index contributed by atoms with van der Waals surface area (Å²) in [6, 6.07) is 7.53. The lowest BCUT2D eigenvalue weighted by Gasteiger charge is -2.24. The van der Waals surface area contributed by atoms with Crippen LogP contribution in [0.3, 0.4) is 0 Å². The van der Waals surface area contributed by atoms with E-state index >= 15 is 0 Å². The lowest BCUT2D eigenvalue weighted by Crippen LogP contribution is -2.31. The fraction of sp³-hybridized carbons (Fsp3) is 0.333. The van der Waals surface area contributed by atoms with Gasteiger partial charge in [-0.1, -0.05) is 0 Å². The van der Waals surface area contributed by atoms with Crippen molar-refractivity contribution >= 4 is 50.6 Å². The summed E-state index contributed by atoms with van der Waals surface area (Å²) in [5, 5.41) is 18.4. The summed E-state index contributed by atoms with van der Waals surface area (Å²) in [6.45, 7) is 3.32. The molecule has 188 valence electrons. The van der Waals surface area contributed by atoms with E-state index in [1.807, 2.05) is 0 Å². The summed E-state index contributed by atoms with van der Waals surface area (Å²) < 4.78 is 49.9. The third-order valence-corrected chi connectivity index (χ3v) is 4.98. The largest absolute Gasteiger partial charge is 0.464 e. The van der Waals surface area contributed by atoms with Gasteiger partial charge in [0.1, 0.15) is 18.9 Å². The van der Waals surface area contributed by atoms with Crippen molar-refractivity contribution in [2.45, 2.75) is 20.0 Å². The Bertz CT molecular complexity index is 1090. The SMILES string of the molecule is CC(=O)OCCN(CCOC(C)=O)c1ccc(N=Nc2c(Br)cc([N+](=O)[O-])cc2C(F)(F)F)cc1. The molecule has 10 nitrogen and oxygen atoms in total. The van der Waals surface area contributed by atoms with Crippen molar-refractivity contribution in [1.29, 1.82) is 0 Å². The molecule has 0 atom stereocenters. The van der Waals surface area contributed by atoms with Gasteiger partial charge in [-0.2, -0.15) is 18.3 Å². The van der Waals surface area contributed by atoms with E-state index in [0.717, 1.165) is 6.07 Å². The van der Waals surface area contributed by atoms with E-state index < -0.39 is 40.0 Å². The summed E-state index contributed by atoms with van der Waals surface area (Å²) in [7, 11) is 0. The maximum atomic E-state index is 13.4. The second-order valence-corrected chi connectivity index (χ2v) is 7.82. The van der Waals surface area contributed by atoms with Gasteiger partial charge in [0.05, 0.1) is 33.7 Å². The number of ether oxygens (including phenoxy) is 2. The van der Waals surface area contributed by atoms with Gasteiger partial charge < -0.3 is 14.4 Å². The fourth-order valence-electron chi connectivity index (χ4n) is 2.81. The van der Waals surface area contributed by atoms with Crippen LogP contribution in [0.2, 0.25) is 0 Å². The first-order chi connectivity index (χ1) is 16.4. The molecule has 0 spiro atoms. The highest BCUT2D eigenvalue weighted by atomic mass is 79.9. The van der Waals surface area contributed by atoms with E-state index in [-0.39, 0.29) is 23.4 Å². The van der Waals surface area contributed by atoms with E-state index in [1.165, 1.54) is 26.0 Å². The molecule has 2 rings (SSSR count). The highest BCUT2D eigenvalue weighted by Crippen LogP contribution is 2.43. The van der Waals surface area contributed by atoms with Crippen molar-refractivity contribution in [2.75, 3.05) is 31.2 Å². The smallest absolute Gasteiger partial charge is 0.418 e. The average molecular weight is 561 g/mol. The van der Waals surface area contributed by atoms with Crippen LogP contribution in [0.25, 0.3) is 0 Å². The molecule has 0 unspecified atom stereocenters. The van der Waals surface area contributed by atoms with Gasteiger partial charge in [-0.15, -0.1) is 5.11 Å². The zero-order chi connectivity index (χ0) is 26.2. The van der Waals surface area contributed by atoms with Gasteiger partial charge in [-0.05, 0) is 40.2 Å². The Hall–Kier alpha value is -3.55. The number of anilines is 1. The third kappa shape index (κ3) is 8.63. The maximum Gasteiger partial charge on any atom is 0.418 e. The van der Waals surface area contributed by atoms with Crippen LogP contribution in [0.1, 0.15) is 19.4 Å². The molecule has 2 aromatic carbocycles. The molecule has 0 aliphatic carbocycles. The number of non-ortho nitro benzene ring substituents is 1. The molecular weight excluding hydrogens is 541 g/mol. The standard InChI is InChI=1S/C21H20BrF3N4O6/c1-13(30)34-9-7-28(8-10-35-14(2)31)16-5-3-15(4-6-16)26-27-20-18(21(23,24)25)11-17(29(32)33)12-19(20)22/h3-6,11-12H,7-10H2,1-2H3. The van der Waals surface area contributed by atoms with Crippen LogP contribution in [0.15, 0.2) is 51.1 Å². The van der Waals surface area contributed by atoms with Crippen molar-refractivity contribution < 1.29 is 37.2 Å². The molecule has 0 heterocycles. The predicted octanol–water partition coefficient (Wildman–Crippen LogP) is 5.72. The van der Waals surface area contributed by atoms with E-state index in [4.69, 9.17) is 9.47 Å². The van der Waals surface area contributed by atoms with Gasteiger partial charge in [0.15, 0.2) is 0 Å². The van der Waals surface area contributed by atoms with Crippen LogP contribution >= 0.6 is 15.9 Å². The Labute approximate surface area is 206 Å². The molecule has 0 fully saturated rings. The number of alkyl halides is 3. The highest BCUT2D eigenvalue weighted by Gasteiger charge is 2.36. The number of rotatable bonds is 10. The number of hydrogen-bond acceptors (Lipinski definition) is 9. The van der Waals surface area contributed by atoms with E-state index in [0.29, 0.717) is 24.8 Å². The Morgan fingerprint density at radius 2 is 1.57 bits per heavy atom. The molecule has 0 radical (unpaired) electrons. The van der Waals surface area contributed by atoms with Gasteiger partial charge in [0.25, 0.3) is 5.69 Å². The molecule has 0 aliphatic rings. The second kappa shape index (κ2) is 12.2. The highest BCUT2D eigenvalue weighted by molar-refractivity contribution is 9.10. The van der Waals surface area contributed by atoms with Crippen LogP contribution in [0.4, 0.5) is 35.9 Å². The summed E-state index contributed by atoms with van der Waals surface area (Å²) >= 11 is 2.89. The zero-order valence-electron chi connectivity index (χ0n) is 18.5. The zero-order valence-corrected chi connectivity index (χ0v) is 20.1. The molecule has 0 bridgehead atoms. The Kier molecular flexibility index (Phi) is 9.68. The molecule has 0 aliphatic heterocycles. The van der Waals surface area contributed by atoms with E-state index in [9.17, 15) is 32.9 Å². The molecule has 0 saturated carbocycles. The quantitative estimate of drug-likeness (QED) is 0.157. The molecular formula is C21H20BrF3N4O6. The third-order valence-electron chi connectivity index (χ3n) is 4.38. The number of halogens is 4. The Morgan fingerprint density at radius 1 is 1.03 bits per heavy atom. The Balaban J connectivity index is 2.26. The minimum atomic E-state index is -4.89. The molecule has 2 aromatic rings. The Morgan fingerprint density at radius 3 is 2.03 bits per heavy atom. The van der Waals surface area contributed by atoms with Gasteiger partial charge in [0, 0.05) is 31.7 Å². The van der Waals surface area contributed by atoms with Gasteiger partial charge in [0.2, 0.25) is 0 Å². The predicted molar refractivity (Wildman–Crippen MR) is 122 cm³/mol. The normalized spacial score (nSPS) is 11.4. The number of hydrogen-bond donors (Lipinski definition) is 0. The number of esters is 2. The molecule has 0 aromatic heterocycles. The molecule has 35 heavy (non-hydrogen) atoms. The van der Waals surface area contributed by atoms with E-state index in [1.54, 1.807) is 17.0 Å². The first-order valence-electron chi connectivity index (χ1n) is 9.97. The first kappa shape index (κ1) is 27.7. The van der Waals surface area contributed by atoms with Crippen molar-refractivity contribution in [2.24, 2.45) is 10.2 Å². The molecule has 0 N–H and O–H groups in total. The maximum absolute atomic E-state index is 13.4. The van der Waals surface area contributed by atoms with Crippen molar-refractivity contribution in [3.05, 3.63) is 56.5 Å². The van der Waals surface area contributed by atoms with Crippen LogP contribution in [-0.2, 0) is 25.2 Å². The summed E-state index contributed by atoms with van der Waals surface area (Å²) in [5.41, 5.74) is -1.78. The van der Waals surface area contributed by atoms with Crippen molar-refractivity contribution in [3.63, 3.8) is 0 Å². The average Bonchev–Trinajstić information content (AvgIpc) is 2.76. The van der Waals surface area contributed by atoms with Crippen molar-refractivity contribution in [3.8, 4) is 0 Å². The van der Waals surface area contributed by atoms with Crippen LogP contribution in [0, 0.1) is 10.1 Å². The van der Waals surface area contributed by atoms with Crippen molar-refractivity contribution in [1.82, 2.24) is 0 Å². The molecule has 0 saturated heterocycles. The number of azo groups is 1. The van der Waals surface area contributed by atoms with Gasteiger partial charge in [-0.25, -0.2) is 0 Å². The van der Waals surface area contributed by atoms with Gasteiger partial charge >= 0.3 is 18.1 Å². The lowest BCUT2D eigenvalue weighted by atomic mass is 10.1. The summed E-state index contributed by atoms with van der Waals surface area (Å²) in [6.07, 6.45) is -4.89. The number of benzene rings is 2. The number of carbonyl (C=O) groups is 2. The second-order valence-electron chi connectivity index (χ2n) is 6.96. The van der Waals surface area contributed by atoms with E-state index in [2.05, 4.69) is 26.2 Å². The minimum absolute atomic E-state index is 0.0885. The number of nitro groups is 1. The van der Waals surface area contributed by atoms with Crippen LogP contribution in [0.5, 0.6) is 0 Å². The van der Waals surface area contributed by atoms with Crippen LogP contribution in [-0.4, -0.2) is 43.2 Å². The number of carbonyl (C=O) groups excluding carboxylic acids is 2. The number of nitro benzene ring substituents is 1. The van der Waals surface area contributed by atoms with Gasteiger partial charge in [-0.3, -0.25) is 19.7 Å². The monoisotopic (exact) mass is 560 g/mol. The minimum Gasteiger partial charge on any atom is -0.464 e. The molecule has 0 amide bonds.